The first-order valence-electron chi connectivity index (χ1n) is 43.3. The van der Waals surface area contributed by atoms with Gasteiger partial charge in [0.05, 0.1) is 19.1 Å². The molecule has 2 aromatic carbocycles. The lowest BCUT2D eigenvalue weighted by Crippen LogP contribution is -2.60. The monoisotopic (exact) mass is 1710 g/mol. The molecule has 0 radical (unpaired) electrons. The number of primary amides is 1. The second-order valence-electron chi connectivity index (χ2n) is 33.0. The van der Waals surface area contributed by atoms with Crippen LogP contribution in [0.2, 0.25) is 0 Å². The van der Waals surface area contributed by atoms with Crippen LogP contribution in [0.3, 0.4) is 0 Å². The largest absolute Gasteiger partial charge is 0.368 e. The summed E-state index contributed by atoms with van der Waals surface area (Å²) < 4.78 is 0. The van der Waals surface area contributed by atoms with Gasteiger partial charge in [0.1, 0.15) is 72.5 Å². The van der Waals surface area contributed by atoms with Crippen molar-refractivity contribution >= 4 is 99.5 Å². The molecule has 15 amide bonds. The highest BCUT2D eigenvalue weighted by molar-refractivity contribution is 6.00. The maximum Gasteiger partial charge on any atom is 0.243 e. The predicted molar refractivity (Wildman–Crippen MR) is 467 cm³/mol. The van der Waals surface area contributed by atoms with Gasteiger partial charge in [0.25, 0.3) is 0 Å². The molecule has 3 aromatic rings. The lowest BCUT2D eigenvalue weighted by molar-refractivity contribution is -0.136. The molecule has 0 spiro atoms. The fourth-order valence-electron chi connectivity index (χ4n) is 13.5. The molecule has 37 nitrogen and oxygen atoms in total. The van der Waals surface area contributed by atoms with E-state index in [4.69, 9.17) is 40.1 Å². The second-order valence-corrected chi connectivity index (χ2v) is 33.0. The molecule has 37 heteroatoms. The molecule has 0 unspecified atom stereocenters. The number of carbonyl (C=O) groups excluding carboxylic acids is 15. The summed E-state index contributed by atoms with van der Waals surface area (Å²) in [5.74, 6) is -13.0. The number of unbranched alkanes of at least 4 members (excludes halogenated alkanes) is 5. The standard InChI is InChI=1S/C85H144N22O15/c1-12-53(10)72(84(121)95-47-68(108)96-54(11)74(111)107-71(52(8)9)85(122)104-65(43-50(4)5)80(117)100-63(36-22-27-41-90)79(116)106-70(51(6)7)73(92)110)105-69(109)48-94-76(113)60(33-19-24-38-87)97-77(114)61(34-20-25-39-88)98-82(119)66(44-55-28-14-13-15-29-55)103-81(118)64(42-49(2)3)102-78(115)62(35-21-26-40-89)99-83(120)67(101-75(112)58(91)31-18-23-37-86)45-56-46-93-59-32-17-16-30-57(56)59/h13-17,28-30,32,46,49-54,58,60-67,70-72,93H,12,18-27,31,33-45,47-48,86-91H2,1-11H3,(H2,92,110)(H,94,113)(H,95,121)(H,96,108)(H,97,114)(H,98,119)(H,99,120)(H,100,117)(H,101,112)(H,102,115)(H,103,118)(H,104,122)(H,105,109)(H,106,116)(H,107,111)/t53-,54+,58+,60+,61+,62+,63+,64+,65+,66+,67+,70+,71+,72+/m0/s1. The average molecular weight is 1710 g/mol. The third kappa shape index (κ3) is 38.9. The van der Waals surface area contributed by atoms with Crippen LogP contribution in [-0.2, 0) is 84.8 Å². The number of hydrogen-bond donors (Lipinski definition) is 22. The van der Waals surface area contributed by atoms with Crippen molar-refractivity contribution < 1.29 is 71.9 Å². The molecule has 122 heavy (non-hydrogen) atoms. The van der Waals surface area contributed by atoms with Crippen molar-refractivity contribution in [3.8, 4) is 0 Å². The molecule has 14 atom stereocenters. The summed E-state index contributed by atoms with van der Waals surface area (Å²) in [5, 5.41) is 38.6. The summed E-state index contributed by atoms with van der Waals surface area (Å²) in [7, 11) is 0. The zero-order valence-electron chi connectivity index (χ0n) is 73.4. The Balaban J connectivity index is 1.81. The highest BCUT2D eigenvalue weighted by Crippen LogP contribution is 2.21. The van der Waals surface area contributed by atoms with E-state index in [1.54, 1.807) is 78.1 Å². The zero-order valence-corrected chi connectivity index (χ0v) is 73.4. The molecule has 1 heterocycles. The van der Waals surface area contributed by atoms with Gasteiger partial charge < -0.3 is 120 Å². The van der Waals surface area contributed by atoms with E-state index in [0.717, 1.165) is 10.9 Å². The Hall–Kier alpha value is -10.2. The second kappa shape index (κ2) is 57.2. The molecule has 0 saturated carbocycles. The maximum atomic E-state index is 14.9. The van der Waals surface area contributed by atoms with Crippen LogP contribution in [0.4, 0.5) is 0 Å². The number of fused-ring (bicyclic) bond motifs is 1. The van der Waals surface area contributed by atoms with Crippen LogP contribution in [0, 0.1) is 29.6 Å². The Bertz CT molecular complexity index is 3810. The van der Waals surface area contributed by atoms with E-state index in [-0.39, 0.29) is 88.8 Å². The third-order valence-electron chi connectivity index (χ3n) is 20.9. The number of hydrogen-bond acceptors (Lipinski definition) is 21. The number of amides is 15. The van der Waals surface area contributed by atoms with E-state index < -0.39 is 192 Å². The van der Waals surface area contributed by atoms with E-state index in [9.17, 15) is 71.9 Å². The fourth-order valence-corrected chi connectivity index (χ4v) is 13.5. The highest BCUT2D eigenvalue weighted by Gasteiger charge is 2.38. The summed E-state index contributed by atoms with van der Waals surface area (Å²) in [6.07, 6.45) is 7.39. The van der Waals surface area contributed by atoms with Gasteiger partial charge in [-0.3, -0.25) is 71.9 Å². The van der Waals surface area contributed by atoms with Gasteiger partial charge in [0.2, 0.25) is 88.6 Å². The van der Waals surface area contributed by atoms with Crippen molar-refractivity contribution in [1.29, 1.82) is 0 Å². The van der Waals surface area contributed by atoms with E-state index in [1.165, 1.54) is 6.92 Å². The first-order valence-corrected chi connectivity index (χ1v) is 43.3. The molecular weight excluding hydrogens is 1570 g/mol. The van der Waals surface area contributed by atoms with Gasteiger partial charge in [-0.1, -0.05) is 131 Å². The predicted octanol–water partition coefficient (Wildman–Crippen LogP) is -1.07. The number of aromatic nitrogens is 1. The number of H-pyrrole nitrogens is 1. The molecule has 0 bridgehead atoms. The minimum absolute atomic E-state index is 0.0154. The van der Waals surface area contributed by atoms with Crippen LogP contribution in [0.5, 0.6) is 0 Å². The van der Waals surface area contributed by atoms with Gasteiger partial charge in [-0.2, -0.15) is 0 Å². The first-order chi connectivity index (χ1) is 57.9. The van der Waals surface area contributed by atoms with E-state index >= 15 is 0 Å². The summed E-state index contributed by atoms with van der Waals surface area (Å²) in [6, 6.07) is 0.362. The minimum atomic E-state index is -1.38. The van der Waals surface area contributed by atoms with Crippen molar-refractivity contribution in [2.45, 2.75) is 283 Å². The molecule has 0 fully saturated rings. The molecule has 0 aliphatic heterocycles. The lowest BCUT2D eigenvalue weighted by atomic mass is 9.98. The molecular formula is C85H144N22O15. The summed E-state index contributed by atoms with van der Waals surface area (Å²) >= 11 is 0. The average Bonchev–Trinajstić information content (AvgIpc) is 1.66. The van der Waals surface area contributed by atoms with Crippen LogP contribution in [-0.4, -0.2) is 218 Å². The number of nitrogens with one attached hydrogen (secondary N) is 15. The topological polar surface area (TPSA) is 622 Å². The molecule has 1 aromatic heterocycles. The van der Waals surface area contributed by atoms with Crippen molar-refractivity contribution in [3.05, 3.63) is 71.9 Å². The van der Waals surface area contributed by atoms with Crippen LogP contribution in [0.15, 0.2) is 60.8 Å². The summed E-state index contributed by atoms with van der Waals surface area (Å²) in [4.78, 5) is 213. The Kier molecular flexibility index (Phi) is 49.7. The molecule has 29 N–H and O–H groups in total. The Morgan fingerprint density at radius 2 is 0.721 bits per heavy atom. The Morgan fingerprint density at radius 3 is 1.17 bits per heavy atom. The number of benzene rings is 2. The van der Waals surface area contributed by atoms with Gasteiger partial charge in [0, 0.05) is 29.9 Å². The van der Waals surface area contributed by atoms with E-state index in [2.05, 4.69) is 79.4 Å². The quantitative estimate of drug-likeness (QED) is 0.0299. The highest BCUT2D eigenvalue weighted by atomic mass is 16.2. The third-order valence-corrected chi connectivity index (χ3v) is 20.9. The van der Waals surface area contributed by atoms with Crippen LogP contribution in [0.25, 0.3) is 10.9 Å². The summed E-state index contributed by atoms with van der Waals surface area (Å²) in [6.45, 7) is 18.9. The minimum Gasteiger partial charge on any atom is -0.368 e. The zero-order chi connectivity index (χ0) is 91.1. The van der Waals surface area contributed by atoms with Crippen molar-refractivity contribution in [2.75, 3.05) is 45.8 Å². The normalized spacial score (nSPS) is 14.9. The number of nitrogens with two attached hydrogens (primary N) is 7. The van der Waals surface area contributed by atoms with Crippen molar-refractivity contribution in [2.24, 2.45) is 69.7 Å². The number of rotatable bonds is 61. The van der Waals surface area contributed by atoms with Crippen molar-refractivity contribution in [3.63, 3.8) is 0 Å². The number of carbonyl (C=O) groups is 15. The first kappa shape index (κ1) is 106. The van der Waals surface area contributed by atoms with E-state index in [1.807, 2.05) is 52.0 Å². The molecule has 0 saturated heterocycles. The SMILES string of the molecule is CC[C@H](C)[C@@H](NC(=O)CNC(=O)[C@@H](CCCCN)NC(=O)[C@@H](CCCCN)NC(=O)[C@@H](Cc1ccccc1)NC(=O)[C@@H](CC(C)C)NC(=O)[C@@H](CCCCN)NC(=O)[C@@H](Cc1c[nH]c2ccccc12)NC(=O)[C@H](N)CCCCN)C(=O)NCC(=O)N[C@H](C)C(=O)N[C@@H](C(=O)N[C@H](CC(C)C)C(=O)N[C@H](CCCCN)C(=O)N[C@@H](C(N)=O)C(C)C)C(C)C. The van der Waals surface area contributed by atoms with Crippen LogP contribution in [0.1, 0.15) is 203 Å². The van der Waals surface area contributed by atoms with E-state index in [0.29, 0.717) is 101 Å². The molecule has 0 aliphatic rings. The Labute approximate surface area is 718 Å². The summed E-state index contributed by atoms with van der Waals surface area (Å²) in [5.41, 5.74) is 43.1. The number of para-hydroxylation sites is 1. The van der Waals surface area contributed by atoms with Crippen LogP contribution < -0.4 is 115 Å². The van der Waals surface area contributed by atoms with Gasteiger partial charge in [-0.25, -0.2) is 0 Å². The lowest BCUT2D eigenvalue weighted by Gasteiger charge is -2.29. The van der Waals surface area contributed by atoms with Crippen molar-refractivity contribution in [1.82, 2.24) is 79.4 Å². The Morgan fingerprint density at radius 1 is 0.352 bits per heavy atom. The fraction of sp³-hybridized carbons (Fsp3) is 0.659. The molecule has 3 rings (SSSR count). The molecule has 0 aliphatic carbocycles. The van der Waals surface area contributed by atoms with Gasteiger partial charge in [-0.05, 0) is 189 Å². The van der Waals surface area contributed by atoms with Gasteiger partial charge in [0.15, 0.2) is 0 Å². The smallest absolute Gasteiger partial charge is 0.243 e. The van der Waals surface area contributed by atoms with Gasteiger partial charge in [-0.15, -0.1) is 0 Å². The molecule has 684 valence electrons. The number of aromatic amines is 1. The maximum absolute atomic E-state index is 14.9. The van der Waals surface area contributed by atoms with Gasteiger partial charge >= 0.3 is 0 Å². The van der Waals surface area contributed by atoms with Crippen LogP contribution >= 0.6 is 0 Å².